The zero-order valence-corrected chi connectivity index (χ0v) is 12.6. The molecule has 3 rings (SSSR count). The van der Waals surface area contributed by atoms with Gasteiger partial charge in [-0.15, -0.1) is 0 Å². The van der Waals surface area contributed by atoms with Crippen molar-refractivity contribution in [2.75, 3.05) is 13.1 Å². The molecular formula is C13H22N4O2S. The fourth-order valence-electron chi connectivity index (χ4n) is 2.74. The van der Waals surface area contributed by atoms with Gasteiger partial charge in [-0.25, -0.2) is 13.4 Å². The van der Waals surface area contributed by atoms with E-state index in [0.29, 0.717) is 18.4 Å². The molecule has 112 valence electrons. The van der Waals surface area contributed by atoms with Crippen molar-refractivity contribution in [3.63, 3.8) is 0 Å². The molecule has 0 bridgehead atoms. The van der Waals surface area contributed by atoms with Crippen molar-refractivity contribution in [3.8, 4) is 0 Å². The number of aryl methyl sites for hydroxylation is 1. The van der Waals surface area contributed by atoms with Crippen LogP contribution in [-0.4, -0.2) is 47.9 Å². The molecule has 1 aliphatic carbocycles. The Morgan fingerprint density at radius 3 is 2.85 bits per heavy atom. The number of aromatic nitrogens is 2. The van der Waals surface area contributed by atoms with Gasteiger partial charge in [-0.2, -0.15) is 4.31 Å². The van der Waals surface area contributed by atoms with Crippen molar-refractivity contribution in [3.05, 3.63) is 12.0 Å². The molecule has 2 heterocycles. The maximum atomic E-state index is 12.7. The van der Waals surface area contributed by atoms with Crippen LogP contribution in [0.25, 0.3) is 0 Å². The number of hydrogen-bond donors (Lipinski definition) is 2. The molecule has 0 spiro atoms. The monoisotopic (exact) mass is 298 g/mol. The molecule has 1 atom stereocenters. The summed E-state index contributed by atoms with van der Waals surface area (Å²) in [5.41, 5.74) is 0. The second kappa shape index (κ2) is 5.46. The van der Waals surface area contributed by atoms with E-state index in [4.69, 9.17) is 0 Å². The fraction of sp³-hybridized carbons (Fsp3) is 0.769. The standard InChI is InChI=1S/C13H22N4O2S/c1-10-14-9-13(16-10)20(18,19)17-7-3-2-4-12(17)8-15-11-5-6-11/h9,11-12,15H,2-8H2,1H3,(H,14,16). The number of rotatable bonds is 5. The van der Waals surface area contributed by atoms with Crippen molar-refractivity contribution in [2.45, 2.75) is 56.1 Å². The molecule has 2 N–H and O–H groups in total. The lowest BCUT2D eigenvalue weighted by molar-refractivity contribution is 0.244. The zero-order chi connectivity index (χ0) is 14.2. The maximum Gasteiger partial charge on any atom is 0.260 e. The first kappa shape index (κ1) is 14.0. The average molecular weight is 298 g/mol. The summed E-state index contributed by atoms with van der Waals surface area (Å²) < 4.78 is 27.0. The van der Waals surface area contributed by atoms with Crippen LogP contribution in [0.1, 0.15) is 37.9 Å². The van der Waals surface area contributed by atoms with Gasteiger partial charge in [0.25, 0.3) is 10.0 Å². The predicted molar refractivity (Wildman–Crippen MR) is 75.9 cm³/mol. The molecule has 1 saturated carbocycles. The summed E-state index contributed by atoms with van der Waals surface area (Å²) in [5, 5.41) is 3.67. The van der Waals surface area contributed by atoms with Crippen molar-refractivity contribution in [1.82, 2.24) is 19.6 Å². The van der Waals surface area contributed by atoms with Gasteiger partial charge in [-0.05, 0) is 32.6 Å². The number of H-pyrrole nitrogens is 1. The lowest BCUT2D eigenvalue weighted by Gasteiger charge is -2.34. The molecule has 2 fully saturated rings. The summed E-state index contributed by atoms with van der Waals surface area (Å²) in [4.78, 5) is 6.86. The van der Waals surface area contributed by atoms with Crippen LogP contribution in [0.4, 0.5) is 0 Å². The average Bonchev–Trinajstić information content (AvgIpc) is 3.16. The maximum absolute atomic E-state index is 12.7. The summed E-state index contributed by atoms with van der Waals surface area (Å²) in [6, 6.07) is 0.675. The van der Waals surface area contributed by atoms with E-state index in [1.165, 1.54) is 19.0 Å². The number of aromatic amines is 1. The molecule has 1 saturated heterocycles. The summed E-state index contributed by atoms with van der Waals surface area (Å²) in [6.07, 6.45) is 6.84. The quantitative estimate of drug-likeness (QED) is 0.850. The highest BCUT2D eigenvalue weighted by molar-refractivity contribution is 7.89. The molecule has 1 aromatic heterocycles. The van der Waals surface area contributed by atoms with Gasteiger partial charge in [0, 0.05) is 25.2 Å². The van der Waals surface area contributed by atoms with Crippen LogP contribution >= 0.6 is 0 Å². The van der Waals surface area contributed by atoms with Gasteiger partial charge >= 0.3 is 0 Å². The number of imidazole rings is 1. The number of piperidine rings is 1. The third-order valence-electron chi connectivity index (χ3n) is 4.06. The van der Waals surface area contributed by atoms with Crippen molar-refractivity contribution in [1.29, 1.82) is 0 Å². The molecule has 0 aromatic carbocycles. The van der Waals surface area contributed by atoms with Crippen molar-refractivity contribution < 1.29 is 8.42 Å². The van der Waals surface area contributed by atoms with Gasteiger partial charge in [-0.3, -0.25) is 0 Å². The normalized spacial score (nSPS) is 24.9. The molecular weight excluding hydrogens is 276 g/mol. The molecule has 0 amide bonds. The Morgan fingerprint density at radius 2 is 2.20 bits per heavy atom. The van der Waals surface area contributed by atoms with Gasteiger partial charge in [0.15, 0.2) is 5.03 Å². The molecule has 1 aromatic rings. The third-order valence-corrected chi connectivity index (χ3v) is 5.92. The minimum Gasteiger partial charge on any atom is -0.332 e. The smallest absolute Gasteiger partial charge is 0.260 e. The molecule has 20 heavy (non-hydrogen) atoms. The van der Waals surface area contributed by atoms with E-state index in [1.807, 2.05) is 0 Å². The van der Waals surface area contributed by atoms with E-state index in [0.717, 1.165) is 25.8 Å². The van der Waals surface area contributed by atoms with E-state index >= 15 is 0 Å². The first-order valence-corrected chi connectivity index (χ1v) is 8.78. The van der Waals surface area contributed by atoms with E-state index < -0.39 is 10.0 Å². The Morgan fingerprint density at radius 1 is 1.40 bits per heavy atom. The Hall–Kier alpha value is -0.920. The molecule has 2 aliphatic rings. The molecule has 0 radical (unpaired) electrons. The molecule has 1 unspecified atom stereocenters. The van der Waals surface area contributed by atoms with Crippen LogP contribution in [-0.2, 0) is 10.0 Å². The van der Waals surface area contributed by atoms with Crippen LogP contribution in [0.5, 0.6) is 0 Å². The number of nitrogens with one attached hydrogen (secondary N) is 2. The first-order valence-electron chi connectivity index (χ1n) is 7.34. The summed E-state index contributed by atoms with van der Waals surface area (Å²) in [7, 11) is -3.44. The Balaban J connectivity index is 1.77. The second-order valence-electron chi connectivity index (χ2n) is 5.78. The highest BCUT2D eigenvalue weighted by Crippen LogP contribution is 2.25. The van der Waals surface area contributed by atoms with Crippen molar-refractivity contribution in [2.24, 2.45) is 0 Å². The lowest BCUT2D eigenvalue weighted by Crippen LogP contribution is -2.48. The molecule has 7 heteroatoms. The van der Waals surface area contributed by atoms with Gasteiger partial charge in [0.1, 0.15) is 5.82 Å². The van der Waals surface area contributed by atoms with E-state index in [2.05, 4.69) is 15.3 Å². The third kappa shape index (κ3) is 2.89. The Bertz CT molecular complexity index is 565. The van der Waals surface area contributed by atoms with Crippen LogP contribution in [0, 0.1) is 6.92 Å². The van der Waals surface area contributed by atoms with Crippen molar-refractivity contribution >= 4 is 10.0 Å². The van der Waals surface area contributed by atoms with E-state index in [-0.39, 0.29) is 11.1 Å². The van der Waals surface area contributed by atoms with E-state index in [9.17, 15) is 8.42 Å². The summed E-state index contributed by atoms with van der Waals surface area (Å²) >= 11 is 0. The second-order valence-corrected chi connectivity index (χ2v) is 7.64. The highest BCUT2D eigenvalue weighted by Gasteiger charge is 2.35. The SMILES string of the molecule is Cc1ncc(S(=O)(=O)N2CCCCC2CNC2CC2)[nH]1. The number of nitrogens with zero attached hydrogens (tertiary/aromatic N) is 2. The van der Waals surface area contributed by atoms with E-state index in [1.54, 1.807) is 11.2 Å². The van der Waals surface area contributed by atoms with Crippen LogP contribution in [0.2, 0.25) is 0 Å². The van der Waals surface area contributed by atoms with Gasteiger partial charge < -0.3 is 10.3 Å². The van der Waals surface area contributed by atoms with Crippen LogP contribution in [0.15, 0.2) is 11.2 Å². The van der Waals surface area contributed by atoms with Gasteiger partial charge in [0.05, 0.1) is 6.20 Å². The lowest BCUT2D eigenvalue weighted by atomic mass is 10.1. The Labute approximate surface area is 120 Å². The summed E-state index contributed by atoms with van der Waals surface area (Å²) in [6.45, 7) is 3.13. The molecule has 1 aliphatic heterocycles. The molecule has 6 nitrogen and oxygen atoms in total. The predicted octanol–water partition coefficient (Wildman–Crippen LogP) is 1.01. The topological polar surface area (TPSA) is 78.1 Å². The number of hydrogen-bond acceptors (Lipinski definition) is 4. The van der Waals surface area contributed by atoms with Gasteiger partial charge in [-0.1, -0.05) is 6.42 Å². The minimum absolute atomic E-state index is 0.0676. The minimum atomic E-state index is -3.44. The number of sulfonamides is 1. The van der Waals surface area contributed by atoms with Gasteiger partial charge in [0.2, 0.25) is 0 Å². The highest BCUT2D eigenvalue weighted by atomic mass is 32.2. The fourth-order valence-corrected chi connectivity index (χ4v) is 4.40. The summed E-state index contributed by atoms with van der Waals surface area (Å²) in [5.74, 6) is 0.633. The largest absolute Gasteiger partial charge is 0.332 e. The zero-order valence-electron chi connectivity index (χ0n) is 11.8. The van der Waals surface area contributed by atoms with Crippen LogP contribution in [0.3, 0.4) is 0 Å². The Kier molecular flexibility index (Phi) is 3.83. The van der Waals surface area contributed by atoms with Crippen LogP contribution < -0.4 is 5.32 Å². The first-order chi connectivity index (χ1) is 9.57.